The van der Waals surface area contributed by atoms with Gasteiger partial charge in [0, 0.05) is 24.7 Å². The number of phenolic OH excluding ortho intramolecular Hbond substituents is 1. The standard InChI is InChI=1S/C19H17N3O3/c1-13-9-16(10-14(2)18(13)23)4-3-15-6-8-22(11-15)19(24)25-17-5-7-20-12-21-17/h3-12,23H,1-2H3. The van der Waals surface area contributed by atoms with E-state index in [1.807, 2.05) is 38.1 Å². The van der Waals surface area contributed by atoms with Crippen molar-refractivity contribution in [1.29, 1.82) is 0 Å². The highest BCUT2D eigenvalue weighted by Gasteiger charge is 2.08. The third kappa shape index (κ3) is 3.92. The van der Waals surface area contributed by atoms with Gasteiger partial charge in [-0.05, 0) is 54.3 Å². The first-order valence-corrected chi connectivity index (χ1v) is 7.67. The fourth-order valence-corrected chi connectivity index (χ4v) is 2.38. The Bertz CT molecular complexity index is 907. The number of rotatable bonds is 3. The zero-order valence-electron chi connectivity index (χ0n) is 13.9. The number of ether oxygens (including phenoxy) is 1. The molecule has 126 valence electrons. The predicted octanol–water partition coefficient (Wildman–Crippen LogP) is 3.82. The van der Waals surface area contributed by atoms with Crippen LogP contribution >= 0.6 is 0 Å². The van der Waals surface area contributed by atoms with E-state index in [1.54, 1.807) is 18.5 Å². The highest BCUT2D eigenvalue weighted by atomic mass is 16.6. The van der Waals surface area contributed by atoms with Gasteiger partial charge in [-0.1, -0.05) is 12.2 Å². The van der Waals surface area contributed by atoms with Gasteiger partial charge in [-0.2, -0.15) is 0 Å². The van der Waals surface area contributed by atoms with E-state index in [-0.39, 0.29) is 5.88 Å². The van der Waals surface area contributed by atoms with Gasteiger partial charge in [-0.15, -0.1) is 0 Å². The Morgan fingerprint density at radius 1 is 1.16 bits per heavy atom. The Kier molecular flexibility index (Phi) is 4.61. The largest absolute Gasteiger partial charge is 0.507 e. The van der Waals surface area contributed by atoms with E-state index in [1.165, 1.54) is 23.2 Å². The molecule has 3 rings (SSSR count). The number of carbonyl (C=O) groups excluding carboxylic acids is 1. The average molecular weight is 335 g/mol. The summed E-state index contributed by atoms with van der Waals surface area (Å²) < 4.78 is 6.48. The molecule has 1 aromatic carbocycles. The van der Waals surface area contributed by atoms with Gasteiger partial charge < -0.3 is 9.84 Å². The molecule has 1 N–H and O–H groups in total. The van der Waals surface area contributed by atoms with Crippen molar-refractivity contribution in [1.82, 2.24) is 14.5 Å². The van der Waals surface area contributed by atoms with Crippen LogP contribution in [0, 0.1) is 13.8 Å². The number of aromatic nitrogens is 3. The van der Waals surface area contributed by atoms with Crippen molar-refractivity contribution in [2.75, 3.05) is 0 Å². The molecular formula is C19H17N3O3. The topological polar surface area (TPSA) is 77.2 Å². The smallest absolute Gasteiger partial charge is 0.424 e. The Morgan fingerprint density at radius 2 is 1.88 bits per heavy atom. The molecule has 2 heterocycles. The van der Waals surface area contributed by atoms with Crippen molar-refractivity contribution in [2.45, 2.75) is 13.8 Å². The molecule has 0 atom stereocenters. The van der Waals surface area contributed by atoms with Gasteiger partial charge in [0.05, 0.1) is 0 Å². The molecule has 0 saturated carbocycles. The number of hydrogen-bond donors (Lipinski definition) is 1. The monoisotopic (exact) mass is 335 g/mol. The molecule has 0 aliphatic carbocycles. The van der Waals surface area contributed by atoms with Crippen molar-refractivity contribution in [3.8, 4) is 11.6 Å². The van der Waals surface area contributed by atoms with Gasteiger partial charge in [0.2, 0.25) is 5.88 Å². The highest BCUT2D eigenvalue weighted by Crippen LogP contribution is 2.24. The van der Waals surface area contributed by atoms with Gasteiger partial charge in [-0.3, -0.25) is 4.57 Å². The summed E-state index contributed by atoms with van der Waals surface area (Å²) in [6.07, 6.45) is 9.37. The number of carbonyl (C=O) groups is 1. The van der Waals surface area contributed by atoms with Crippen molar-refractivity contribution in [3.05, 3.63) is 71.4 Å². The lowest BCUT2D eigenvalue weighted by atomic mass is 10.1. The number of aromatic hydroxyl groups is 1. The van der Waals surface area contributed by atoms with Crippen LogP contribution in [0.25, 0.3) is 12.2 Å². The van der Waals surface area contributed by atoms with Gasteiger partial charge in [0.1, 0.15) is 12.1 Å². The molecule has 0 aliphatic rings. The minimum atomic E-state index is -0.547. The first kappa shape index (κ1) is 16.4. The second-order valence-corrected chi connectivity index (χ2v) is 5.60. The van der Waals surface area contributed by atoms with Crippen LogP contribution in [0.2, 0.25) is 0 Å². The number of phenols is 1. The summed E-state index contributed by atoms with van der Waals surface area (Å²) in [6.45, 7) is 3.72. The van der Waals surface area contributed by atoms with Crippen molar-refractivity contribution >= 4 is 18.2 Å². The van der Waals surface area contributed by atoms with E-state index in [9.17, 15) is 9.90 Å². The third-order valence-electron chi connectivity index (χ3n) is 3.65. The predicted molar refractivity (Wildman–Crippen MR) is 94.4 cm³/mol. The first-order chi connectivity index (χ1) is 12.0. The van der Waals surface area contributed by atoms with Crippen molar-refractivity contribution in [3.63, 3.8) is 0 Å². The fourth-order valence-electron chi connectivity index (χ4n) is 2.38. The third-order valence-corrected chi connectivity index (χ3v) is 3.65. The fraction of sp³-hybridized carbons (Fsp3) is 0.105. The second-order valence-electron chi connectivity index (χ2n) is 5.60. The van der Waals surface area contributed by atoms with Crippen LogP contribution < -0.4 is 4.74 Å². The number of benzene rings is 1. The quantitative estimate of drug-likeness (QED) is 0.787. The summed E-state index contributed by atoms with van der Waals surface area (Å²) in [5.74, 6) is 0.511. The first-order valence-electron chi connectivity index (χ1n) is 7.67. The van der Waals surface area contributed by atoms with Crippen molar-refractivity contribution in [2.24, 2.45) is 0 Å². The van der Waals surface area contributed by atoms with Crippen LogP contribution in [0.3, 0.4) is 0 Å². The lowest BCUT2D eigenvalue weighted by molar-refractivity contribution is 0.200. The Balaban J connectivity index is 1.72. The molecule has 0 bridgehead atoms. The van der Waals surface area contributed by atoms with Gasteiger partial charge in [0.25, 0.3) is 0 Å². The molecule has 0 fully saturated rings. The maximum Gasteiger partial charge on any atom is 0.424 e. The Labute approximate surface area is 145 Å². The van der Waals surface area contributed by atoms with E-state index >= 15 is 0 Å². The Morgan fingerprint density at radius 3 is 2.56 bits per heavy atom. The molecule has 0 saturated heterocycles. The molecule has 6 nitrogen and oxygen atoms in total. The number of nitrogens with zero attached hydrogens (tertiary/aromatic N) is 3. The number of hydrogen-bond acceptors (Lipinski definition) is 5. The Hall–Kier alpha value is -3.41. The van der Waals surface area contributed by atoms with E-state index in [0.717, 1.165) is 22.3 Å². The SMILES string of the molecule is Cc1cc(C=Cc2ccn(C(=O)Oc3ccncn3)c2)cc(C)c1O. The molecule has 0 spiro atoms. The molecule has 6 heteroatoms. The molecular weight excluding hydrogens is 318 g/mol. The minimum Gasteiger partial charge on any atom is -0.507 e. The maximum absolute atomic E-state index is 12.1. The maximum atomic E-state index is 12.1. The van der Waals surface area contributed by atoms with Crippen molar-refractivity contribution < 1.29 is 14.6 Å². The van der Waals surface area contributed by atoms with Gasteiger partial charge in [0.15, 0.2) is 0 Å². The lowest BCUT2D eigenvalue weighted by Gasteiger charge is -2.04. The number of aryl methyl sites for hydroxylation is 2. The summed E-state index contributed by atoms with van der Waals surface area (Å²) >= 11 is 0. The summed E-state index contributed by atoms with van der Waals surface area (Å²) in [6, 6.07) is 7.12. The molecule has 3 aromatic rings. The zero-order chi connectivity index (χ0) is 17.8. The van der Waals surface area contributed by atoms with Crippen LogP contribution in [-0.2, 0) is 0 Å². The summed E-state index contributed by atoms with van der Waals surface area (Å²) in [5.41, 5.74) is 3.48. The van der Waals surface area contributed by atoms with E-state index in [0.29, 0.717) is 5.75 Å². The normalized spacial score (nSPS) is 11.0. The molecule has 0 radical (unpaired) electrons. The average Bonchev–Trinajstić information content (AvgIpc) is 3.08. The van der Waals surface area contributed by atoms with E-state index < -0.39 is 6.09 Å². The summed E-state index contributed by atoms with van der Waals surface area (Å²) in [5, 5.41) is 9.81. The molecule has 2 aromatic heterocycles. The van der Waals surface area contributed by atoms with Crippen LogP contribution in [0.4, 0.5) is 4.79 Å². The van der Waals surface area contributed by atoms with Crippen LogP contribution in [0.15, 0.2) is 49.2 Å². The highest BCUT2D eigenvalue weighted by molar-refractivity contribution is 5.76. The summed E-state index contributed by atoms with van der Waals surface area (Å²) in [7, 11) is 0. The van der Waals surface area contributed by atoms with Crippen LogP contribution in [0.1, 0.15) is 22.3 Å². The molecule has 25 heavy (non-hydrogen) atoms. The van der Waals surface area contributed by atoms with Gasteiger partial charge in [-0.25, -0.2) is 14.8 Å². The van der Waals surface area contributed by atoms with E-state index in [2.05, 4.69) is 9.97 Å². The summed E-state index contributed by atoms with van der Waals surface area (Å²) in [4.78, 5) is 19.7. The molecule has 0 amide bonds. The van der Waals surface area contributed by atoms with E-state index in [4.69, 9.17) is 4.74 Å². The van der Waals surface area contributed by atoms with Gasteiger partial charge >= 0.3 is 6.09 Å². The molecule has 0 aliphatic heterocycles. The van der Waals surface area contributed by atoms with Crippen LogP contribution in [-0.4, -0.2) is 25.7 Å². The lowest BCUT2D eigenvalue weighted by Crippen LogP contribution is -2.15. The second kappa shape index (κ2) is 7.00. The van der Waals surface area contributed by atoms with Crippen LogP contribution in [0.5, 0.6) is 11.6 Å². The zero-order valence-corrected chi connectivity index (χ0v) is 13.9. The minimum absolute atomic E-state index is 0.195. The molecule has 0 unspecified atom stereocenters.